The molecule has 176 valence electrons. The Balaban J connectivity index is 1.33. The molecule has 1 saturated heterocycles. The van der Waals surface area contributed by atoms with Crippen LogP contribution in [0.2, 0.25) is 0 Å². The quantitative estimate of drug-likeness (QED) is 0.584. The van der Waals surface area contributed by atoms with E-state index in [4.69, 9.17) is 4.74 Å². The predicted octanol–water partition coefficient (Wildman–Crippen LogP) is 0.906. The van der Waals surface area contributed by atoms with E-state index in [1.54, 1.807) is 24.3 Å². The zero-order valence-electron chi connectivity index (χ0n) is 17.6. The molecule has 0 spiro atoms. The molecule has 33 heavy (non-hydrogen) atoms. The van der Waals surface area contributed by atoms with E-state index in [-0.39, 0.29) is 54.2 Å². The lowest BCUT2D eigenvalue weighted by Gasteiger charge is -2.29. The van der Waals surface area contributed by atoms with E-state index in [2.05, 4.69) is 10.0 Å². The first-order valence-electron chi connectivity index (χ1n) is 10.3. The van der Waals surface area contributed by atoms with Crippen molar-refractivity contribution in [1.82, 2.24) is 4.72 Å². The lowest BCUT2D eigenvalue weighted by molar-refractivity contribution is -0.121. The summed E-state index contributed by atoms with van der Waals surface area (Å²) >= 11 is 0. The van der Waals surface area contributed by atoms with E-state index < -0.39 is 25.9 Å². The summed E-state index contributed by atoms with van der Waals surface area (Å²) in [5.74, 6) is -0.239. The van der Waals surface area contributed by atoms with Crippen molar-refractivity contribution in [3.8, 4) is 5.75 Å². The molecule has 0 aliphatic carbocycles. The van der Waals surface area contributed by atoms with Crippen LogP contribution in [0.1, 0.15) is 12.8 Å². The summed E-state index contributed by atoms with van der Waals surface area (Å²) in [6.07, 6.45) is 0.281. The van der Waals surface area contributed by atoms with Gasteiger partial charge in [-0.15, -0.1) is 0 Å². The number of amides is 2. The van der Waals surface area contributed by atoms with Gasteiger partial charge in [0.2, 0.25) is 15.9 Å². The largest absolute Gasteiger partial charge is 0.482 e. The van der Waals surface area contributed by atoms with Gasteiger partial charge in [-0.3, -0.25) is 9.59 Å². The summed E-state index contributed by atoms with van der Waals surface area (Å²) in [6.45, 7) is 0.0844. The number of para-hydroxylation sites is 2. The van der Waals surface area contributed by atoms with Crippen molar-refractivity contribution in [2.75, 3.05) is 34.9 Å². The fourth-order valence-electron chi connectivity index (χ4n) is 3.73. The molecule has 12 heteroatoms. The molecule has 1 unspecified atom stereocenters. The number of sulfonamides is 1. The van der Waals surface area contributed by atoms with E-state index in [1.807, 2.05) is 0 Å². The minimum Gasteiger partial charge on any atom is -0.482 e. The third-order valence-corrected chi connectivity index (χ3v) is 8.68. The van der Waals surface area contributed by atoms with Crippen molar-refractivity contribution in [1.29, 1.82) is 0 Å². The highest BCUT2D eigenvalue weighted by molar-refractivity contribution is 7.92. The number of nitrogens with one attached hydrogen (secondary N) is 2. The number of hydrogen-bond acceptors (Lipinski definition) is 7. The van der Waals surface area contributed by atoms with Gasteiger partial charge in [0, 0.05) is 24.7 Å². The molecule has 0 bridgehead atoms. The molecular weight excluding hydrogens is 470 g/mol. The molecule has 2 heterocycles. The molecule has 2 aliphatic rings. The van der Waals surface area contributed by atoms with E-state index in [9.17, 15) is 26.4 Å². The molecule has 0 aromatic heterocycles. The fraction of sp³-hybridized carbons (Fsp3) is 0.333. The second-order valence-corrected chi connectivity index (χ2v) is 11.8. The zero-order valence-corrected chi connectivity index (χ0v) is 19.2. The Labute approximate surface area is 191 Å². The summed E-state index contributed by atoms with van der Waals surface area (Å²) in [7, 11) is -7.09. The molecule has 1 atom stereocenters. The Bertz CT molecular complexity index is 1280. The summed E-state index contributed by atoms with van der Waals surface area (Å²) in [6, 6.07) is 12.0. The van der Waals surface area contributed by atoms with Gasteiger partial charge >= 0.3 is 0 Å². The van der Waals surface area contributed by atoms with Crippen LogP contribution in [0, 0.1) is 0 Å². The van der Waals surface area contributed by atoms with Gasteiger partial charge in [-0.2, -0.15) is 0 Å². The first-order chi connectivity index (χ1) is 15.6. The lowest BCUT2D eigenvalue weighted by atomic mass is 10.2. The zero-order chi connectivity index (χ0) is 23.6. The minimum atomic E-state index is -3.88. The van der Waals surface area contributed by atoms with Gasteiger partial charge in [0.1, 0.15) is 5.75 Å². The topological polar surface area (TPSA) is 139 Å². The Morgan fingerprint density at radius 2 is 1.85 bits per heavy atom. The molecule has 4 rings (SSSR count). The van der Waals surface area contributed by atoms with Crippen LogP contribution in [0.5, 0.6) is 5.75 Å². The van der Waals surface area contributed by atoms with Gasteiger partial charge in [-0.05, 0) is 42.8 Å². The van der Waals surface area contributed by atoms with Gasteiger partial charge in [-0.25, -0.2) is 21.6 Å². The molecule has 2 aromatic rings. The van der Waals surface area contributed by atoms with Crippen molar-refractivity contribution in [3.05, 3.63) is 48.5 Å². The maximum absolute atomic E-state index is 12.5. The van der Waals surface area contributed by atoms with Crippen LogP contribution >= 0.6 is 0 Å². The fourth-order valence-corrected chi connectivity index (χ4v) is 6.78. The van der Waals surface area contributed by atoms with E-state index in [0.29, 0.717) is 17.1 Å². The van der Waals surface area contributed by atoms with Gasteiger partial charge < -0.3 is 15.0 Å². The standard InChI is InChI=1S/C21H23N3O7S2/c25-20(9-11-24-18-3-1-2-4-19(18)31-13-21(24)26)22-15-5-7-17(8-6-15)33(29,30)23-16-10-12-32(27,28)14-16/h1-8,16,23H,9-14H2,(H,22,25). The number of rotatable bonds is 7. The number of fused-ring (bicyclic) bond motifs is 1. The average molecular weight is 494 g/mol. The SMILES string of the molecule is O=C(CCN1C(=O)COc2ccccc21)Nc1ccc(S(=O)(=O)NC2CCS(=O)(=O)C2)cc1. The molecular formula is C21H23N3O7S2. The number of anilines is 2. The van der Waals surface area contributed by atoms with Gasteiger partial charge in [0.05, 0.1) is 22.1 Å². The van der Waals surface area contributed by atoms with Gasteiger partial charge in [-0.1, -0.05) is 12.1 Å². The summed E-state index contributed by atoms with van der Waals surface area (Å²) in [4.78, 5) is 26.0. The van der Waals surface area contributed by atoms with E-state index >= 15 is 0 Å². The predicted molar refractivity (Wildman–Crippen MR) is 121 cm³/mol. The third kappa shape index (κ3) is 5.52. The van der Waals surface area contributed by atoms with E-state index in [0.717, 1.165) is 0 Å². The Kier molecular flexibility index (Phi) is 6.41. The molecule has 1 fully saturated rings. The Morgan fingerprint density at radius 3 is 2.55 bits per heavy atom. The molecule has 2 aromatic carbocycles. The van der Waals surface area contributed by atoms with Crippen molar-refractivity contribution < 1.29 is 31.2 Å². The molecule has 2 aliphatic heterocycles. The van der Waals surface area contributed by atoms with Gasteiger partial charge in [0.15, 0.2) is 16.4 Å². The Hall–Kier alpha value is -2.96. The van der Waals surface area contributed by atoms with Crippen molar-refractivity contribution in [2.45, 2.75) is 23.8 Å². The summed E-state index contributed by atoms with van der Waals surface area (Å²) < 4.78 is 55.9. The smallest absolute Gasteiger partial charge is 0.265 e. The highest BCUT2D eigenvalue weighted by Gasteiger charge is 2.31. The maximum Gasteiger partial charge on any atom is 0.265 e. The van der Waals surface area contributed by atoms with Crippen LogP contribution in [0.15, 0.2) is 53.4 Å². The summed E-state index contributed by atoms with van der Waals surface area (Å²) in [5, 5.41) is 2.68. The lowest BCUT2D eigenvalue weighted by Crippen LogP contribution is -2.40. The van der Waals surface area contributed by atoms with E-state index in [1.165, 1.54) is 29.2 Å². The number of ether oxygens (including phenoxy) is 1. The first kappa shape index (κ1) is 23.2. The minimum absolute atomic E-state index is 0.0275. The van der Waals surface area contributed by atoms with Crippen LogP contribution in [0.4, 0.5) is 11.4 Å². The second kappa shape index (κ2) is 9.12. The van der Waals surface area contributed by atoms with Crippen LogP contribution in [-0.2, 0) is 29.4 Å². The number of nitrogens with zero attached hydrogens (tertiary/aromatic N) is 1. The van der Waals surface area contributed by atoms with Crippen LogP contribution in [-0.4, -0.2) is 59.3 Å². The highest BCUT2D eigenvalue weighted by atomic mass is 32.2. The number of sulfone groups is 1. The Morgan fingerprint density at radius 1 is 1.12 bits per heavy atom. The van der Waals surface area contributed by atoms with Gasteiger partial charge in [0.25, 0.3) is 5.91 Å². The number of carbonyl (C=O) groups is 2. The second-order valence-electron chi connectivity index (χ2n) is 7.85. The molecule has 0 saturated carbocycles. The van der Waals surface area contributed by atoms with Crippen LogP contribution in [0.25, 0.3) is 0 Å². The van der Waals surface area contributed by atoms with Crippen LogP contribution < -0.4 is 19.7 Å². The number of benzene rings is 2. The maximum atomic E-state index is 12.5. The monoisotopic (exact) mass is 493 g/mol. The third-order valence-electron chi connectivity index (χ3n) is 5.37. The summed E-state index contributed by atoms with van der Waals surface area (Å²) in [5.41, 5.74) is 1.01. The average Bonchev–Trinajstić information content (AvgIpc) is 3.10. The van der Waals surface area contributed by atoms with Crippen molar-refractivity contribution in [2.24, 2.45) is 0 Å². The molecule has 0 radical (unpaired) electrons. The first-order valence-corrected chi connectivity index (χ1v) is 13.6. The van der Waals surface area contributed by atoms with Crippen molar-refractivity contribution in [3.63, 3.8) is 0 Å². The molecule has 2 N–H and O–H groups in total. The number of carbonyl (C=O) groups excluding carboxylic acids is 2. The normalized spacial score (nSPS) is 19.6. The number of hydrogen-bond donors (Lipinski definition) is 2. The highest BCUT2D eigenvalue weighted by Crippen LogP contribution is 2.31. The van der Waals surface area contributed by atoms with Crippen molar-refractivity contribution >= 4 is 43.0 Å². The molecule has 2 amide bonds. The molecule has 10 nitrogen and oxygen atoms in total. The van der Waals surface area contributed by atoms with Crippen LogP contribution in [0.3, 0.4) is 0 Å².